The van der Waals surface area contributed by atoms with Crippen LogP contribution < -0.4 is 19.6 Å². The molecule has 2 rings (SSSR count). The number of benzene rings is 2. The quantitative estimate of drug-likeness (QED) is 0.232. The summed E-state index contributed by atoms with van der Waals surface area (Å²) >= 11 is 0. The molecule has 6 heteroatoms. The third-order valence-corrected chi connectivity index (χ3v) is 5.32. The van der Waals surface area contributed by atoms with Crippen LogP contribution in [0.15, 0.2) is 47.6 Å². The Kier molecular flexibility index (Phi) is 9.97. The van der Waals surface area contributed by atoms with Crippen molar-refractivity contribution >= 4 is 12.1 Å². The summed E-state index contributed by atoms with van der Waals surface area (Å²) in [6.07, 6.45) is 4.68. The van der Waals surface area contributed by atoms with Crippen molar-refractivity contribution in [1.82, 2.24) is 5.43 Å². The largest absolute Gasteiger partial charge is 0.493 e. The molecule has 0 radical (unpaired) electrons. The molecule has 2 aromatic carbocycles. The Morgan fingerprint density at radius 2 is 1.71 bits per heavy atom. The predicted molar refractivity (Wildman–Crippen MR) is 138 cm³/mol. The van der Waals surface area contributed by atoms with Crippen LogP contribution >= 0.6 is 0 Å². The SMILES string of the molecule is CCCCOc1ccc(/C=N\NC(=O)COc2ccc(C(C)(C)CC(C)(C)C)cc2)cc1OC. The predicted octanol–water partition coefficient (Wildman–Crippen LogP) is 6.12. The van der Waals surface area contributed by atoms with E-state index < -0.39 is 0 Å². The van der Waals surface area contributed by atoms with Gasteiger partial charge in [0.15, 0.2) is 18.1 Å². The van der Waals surface area contributed by atoms with Crippen LogP contribution in [0.4, 0.5) is 0 Å². The highest BCUT2D eigenvalue weighted by molar-refractivity contribution is 5.83. The summed E-state index contributed by atoms with van der Waals surface area (Å²) in [5.74, 6) is 1.64. The van der Waals surface area contributed by atoms with Crippen LogP contribution in [0.3, 0.4) is 0 Å². The maximum atomic E-state index is 12.1. The molecule has 0 fully saturated rings. The molecule has 0 bridgehead atoms. The van der Waals surface area contributed by atoms with Gasteiger partial charge in [-0.2, -0.15) is 5.10 Å². The molecular formula is C28H40N2O4. The molecule has 0 saturated carbocycles. The van der Waals surface area contributed by atoms with Gasteiger partial charge in [0.1, 0.15) is 5.75 Å². The van der Waals surface area contributed by atoms with E-state index in [2.05, 4.69) is 64.2 Å². The number of methoxy groups -OCH3 is 1. The Morgan fingerprint density at radius 1 is 1.00 bits per heavy atom. The van der Waals surface area contributed by atoms with Crippen LogP contribution in [0.5, 0.6) is 17.2 Å². The Labute approximate surface area is 204 Å². The number of hydrazone groups is 1. The van der Waals surface area contributed by atoms with Gasteiger partial charge >= 0.3 is 0 Å². The zero-order valence-corrected chi connectivity index (χ0v) is 21.7. The van der Waals surface area contributed by atoms with Crippen molar-refractivity contribution in [1.29, 1.82) is 0 Å². The van der Waals surface area contributed by atoms with Gasteiger partial charge in [0, 0.05) is 0 Å². The molecule has 2 aromatic rings. The van der Waals surface area contributed by atoms with Gasteiger partial charge in [-0.1, -0.05) is 60.1 Å². The third kappa shape index (κ3) is 9.08. The van der Waals surface area contributed by atoms with Crippen molar-refractivity contribution < 1.29 is 19.0 Å². The molecule has 0 saturated heterocycles. The normalized spacial score (nSPS) is 12.0. The first-order valence-electron chi connectivity index (χ1n) is 11.9. The summed E-state index contributed by atoms with van der Waals surface area (Å²) in [6.45, 7) is 13.9. The van der Waals surface area contributed by atoms with Crippen LogP contribution in [0.25, 0.3) is 0 Å². The summed E-state index contributed by atoms with van der Waals surface area (Å²) in [5, 5.41) is 4.01. The zero-order valence-electron chi connectivity index (χ0n) is 21.7. The van der Waals surface area contributed by atoms with Crippen molar-refractivity contribution in [3.63, 3.8) is 0 Å². The molecule has 0 aliphatic carbocycles. The fourth-order valence-corrected chi connectivity index (χ4v) is 4.00. The lowest BCUT2D eigenvalue weighted by atomic mass is 9.72. The first-order valence-corrected chi connectivity index (χ1v) is 11.9. The van der Waals surface area contributed by atoms with E-state index in [1.54, 1.807) is 13.3 Å². The lowest BCUT2D eigenvalue weighted by Crippen LogP contribution is -2.25. The number of rotatable bonds is 12. The number of unbranched alkanes of at least 4 members (excludes halogenated alkanes) is 1. The first kappa shape index (κ1) is 27.2. The smallest absolute Gasteiger partial charge is 0.277 e. The molecule has 0 heterocycles. The number of hydrogen-bond acceptors (Lipinski definition) is 5. The average Bonchev–Trinajstić information content (AvgIpc) is 2.77. The van der Waals surface area contributed by atoms with E-state index in [9.17, 15) is 4.79 Å². The molecule has 0 unspecified atom stereocenters. The second-order valence-corrected chi connectivity index (χ2v) is 10.3. The summed E-state index contributed by atoms with van der Waals surface area (Å²) in [5.41, 5.74) is 4.83. The van der Waals surface area contributed by atoms with Crippen molar-refractivity contribution in [2.75, 3.05) is 20.3 Å². The Bertz CT molecular complexity index is 944. The minimum atomic E-state index is -0.333. The highest BCUT2D eigenvalue weighted by Gasteiger charge is 2.27. The van der Waals surface area contributed by atoms with Gasteiger partial charge in [0.25, 0.3) is 5.91 Å². The number of carbonyl (C=O) groups excluding carboxylic acids is 1. The maximum Gasteiger partial charge on any atom is 0.277 e. The highest BCUT2D eigenvalue weighted by Crippen LogP contribution is 2.36. The summed E-state index contributed by atoms with van der Waals surface area (Å²) < 4.78 is 16.7. The first-order chi connectivity index (χ1) is 16.0. The summed E-state index contributed by atoms with van der Waals surface area (Å²) in [7, 11) is 1.60. The maximum absolute atomic E-state index is 12.1. The number of amides is 1. The van der Waals surface area contributed by atoms with Crippen molar-refractivity contribution in [2.24, 2.45) is 10.5 Å². The lowest BCUT2D eigenvalue weighted by Gasteiger charge is -2.33. The minimum absolute atomic E-state index is 0.0609. The molecule has 186 valence electrons. The van der Waals surface area contributed by atoms with Crippen LogP contribution in [0, 0.1) is 5.41 Å². The second-order valence-electron chi connectivity index (χ2n) is 10.3. The Morgan fingerprint density at radius 3 is 2.32 bits per heavy atom. The Balaban J connectivity index is 1.85. The molecule has 1 N–H and O–H groups in total. The van der Waals surface area contributed by atoms with Gasteiger partial charge in [-0.25, -0.2) is 5.43 Å². The average molecular weight is 469 g/mol. The van der Waals surface area contributed by atoms with Crippen molar-refractivity contribution in [3.8, 4) is 17.2 Å². The van der Waals surface area contributed by atoms with Gasteiger partial charge in [0.05, 0.1) is 19.9 Å². The van der Waals surface area contributed by atoms with Crippen molar-refractivity contribution in [3.05, 3.63) is 53.6 Å². The zero-order chi connectivity index (χ0) is 25.2. The fourth-order valence-electron chi connectivity index (χ4n) is 4.00. The van der Waals surface area contributed by atoms with Gasteiger partial charge in [-0.15, -0.1) is 0 Å². The van der Waals surface area contributed by atoms with Crippen LogP contribution in [-0.4, -0.2) is 32.4 Å². The van der Waals surface area contributed by atoms with E-state index in [0.717, 1.165) is 24.8 Å². The second kappa shape index (κ2) is 12.4. The fraction of sp³-hybridized carbons (Fsp3) is 0.500. The number of nitrogens with zero attached hydrogens (tertiary/aromatic N) is 1. The van der Waals surface area contributed by atoms with Gasteiger partial charge in [-0.05, 0) is 65.1 Å². The van der Waals surface area contributed by atoms with E-state index in [0.29, 0.717) is 23.9 Å². The standard InChI is InChI=1S/C28H40N2O4/c1-8-9-16-33-24-15-10-21(17-25(24)32-7)18-29-30-26(31)19-34-23-13-11-22(12-14-23)28(5,6)20-27(2,3)4/h10-15,17-18H,8-9,16,19-20H2,1-7H3,(H,30,31)/b29-18-. The number of ether oxygens (including phenoxy) is 3. The van der Waals surface area contributed by atoms with Gasteiger partial charge in [-0.3, -0.25) is 4.79 Å². The monoisotopic (exact) mass is 468 g/mol. The van der Waals surface area contributed by atoms with Gasteiger partial charge < -0.3 is 14.2 Å². The van der Waals surface area contributed by atoms with Crippen LogP contribution in [0.1, 0.15) is 71.9 Å². The third-order valence-electron chi connectivity index (χ3n) is 5.32. The van der Waals surface area contributed by atoms with E-state index in [1.807, 2.05) is 30.3 Å². The lowest BCUT2D eigenvalue weighted by molar-refractivity contribution is -0.123. The summed E-state index contributed by atoms with van der Waals surface area (Å²) in [6, 6.07) is 13.5. The van der Waals surface area contributed by atoms with E-state index in [1.165, 1.54) is 5.56 Å². The molecule has 6 nitrogen and oxygen atoms in total. The molecular weight excluding hydrogens is 428 g/mol. The molecule has 0 spiro atoms. The topological polar surface area (TPSA) is 69.2 Å². The van der Waals surface area contributed by atoms with Crippen LogP contribution in [0.2, 0.25) is 0 Å². The number of carbonyl (C=O) groups is 1. The van der Waals surface area contributed by atoms with E-state index >= 15 is 0 Å². The number of hydrogen-bond donors (Lipinski definition) is 1. The van der Waals surface area contributed by atoms with Gasteiger partial charge in [0.2, 0.25) is 0 Å². The van der Waals surface area contributed by atoms with Crippen LogP contribution in [-0.2, 0) is 10.2 Å². The Hall–Kier alpha value is -3.02. The molecule has 1 amide bonds. The molecule has 0 aliphatic rings. The molecule has 0 atom stereocenters. The van der Waals surface area contributed by atoms with E-state index in [-0.39, 0.29) is 23.3 Å². The minimum Gasteiger partial charge on any atom is -0.493 e. The molecule has 0 aromatic heterocycles. The summed E-state index contributed by atoms with van der Waals surface area (Å²) in [4.78, 5) is 12.1. The number of nitrogens with one attached hydrogen (secondary N) is 1. The molecule has 34 heavy (non-hydrogen) atoms. The molecule has 0 aliphatic heterocycles. The highest BCUT2D eigenvalue weighted by atomic mass is 16.5. The van der Waals surface area contributed by atoms with E-state index in [4.69, 9.17) is 14.2 Å². The van der Waals surface area contributed by atoms with Crippen molar-refractivity contribution in [2.45, 2.75) is 66.2 Å².